The van der Waals surface area contributed by atoms with Crippen molar-refractivity contribution in [3.8, 4) is 0 Å². The van der Waals surface area contributed by atoms with Gasteiger partial charge in [0.2, 0.25) is 0 Å². The molecule has 2 aromatic carbocycles. The molecule has 162 valence electrons. The molecule has 1 aliphatic heterocycles. The van der Waals surface area contributed by atoms with Crippen LogP contribution in [0.5, 0.6) is 0 Å². The quantitative estimate of drug-likeness (QED) is 0.274. The van der Waals surface area contributed by atoms with E-state index in [1.807, 2.05) is 60.8 Å². The molecule has 0 radical (unpaired) electrons. The predicted molar refractivity (Wildman–Crippen MR) is 130 cm³/mol. The van der Waals surface area contributed by atoms with Crippen molar-refractivity contribution in [3.05, 3.63) is 96.6 Å². The Bertz CT molecular complexity index is 1350. The Balaban J connectivity index is 1.29. The van der Waals surface area contributed by atoms with E-state index in [0.29, 0.717) is 16.9 Å². The van der Waals surface area contributed by atoms with Gasteiger partial charge in [0.05, 0.1) is 23.1 Å². The minimum absolute atomic E-state index is 0.137. The van der Waals surface area contributed by atoms with E-state index < -0.39 is 0 Å². The third-order valence-corrected chi connectivity index (χ3v) is 5.05. The summed E-state index contributed by atoms with van der Waals surface area (Å²) in [5.74, 6) is -0.137. The summed E-state index contributed by atoms with van der Waals surface area (Å²) in [7, 11) is 0. The van der Waals surface area contributed by atoms with E-state index in [0.717, 1.165) is 28.3 Å². The summed E-state index contributed by atoms with van der Waals surface area (Å²) in [5, 5.41) is 11.8. The van der Waals surface area contributed by atoms with Crippen LogP contribution < -0.4 is 21.3 Å². The highest BCUT2D eigenvalue weighted by Crippen LogP contribution is 2.35. The standard InChI is InChI=1S/C25H20N6O2/c32-24-22(13-16-6-3-11-27-16)21-9-8-19(14-23(21)31-24)28-17-4-1-5-18(12-17)29-25(33)30-20-7-2-10-26-15-20/h1-15,27-28H,(H,31,32)(H2,29,30,33). The van der Waals surface area contributed by atoms with Gasteiger partial charge in [-0.2, -0.15) is 0 Å². The summed E-state index contributed by atoms with van der Waals surface area (Å²) in [6.07, 6.45) is 6.86. The zero-order valence-corrected chi connectivity index (χ0v) is 17.4. The third kappa shape index (κ3) is 4.59. The number of hydrogen-bond donors (Lipinski definition) is 5. The Hall–Kier alpha value is -4.85. The van der Waals surface area contributed by atoms with Gasteiger partial charge in [-0.05, 0) is 60.7 Å². The molecule has 0 bridgehead atoms. The van der Waals surface area contributed by atoms with Gasteiger partial charge in [0.25, 0.3) is 5.91 Å². The predicted octanol–water partition coefficient (Wildman–Crippen LogP) is 5.29. The Morgan fingerprint density at radius 2 is 1.70 bits per heavy atom. The van der Waals surface area contributed by atoms with Gasteiger partial charge in [-0.15, -0.1) is 0 Å². The summed E-state index contributed by atoms with van der Waals surface area (Å²) in [5.41, 5.74) is 5.92. The number of fused-ring (bicyclic) bond motifs is 1. The number of pyridine rings is 1. The second-order valence-corrected chi connectivity index (χ2v) is 7.42. The van der Waals surface area contributed by atoms with Crippen LogP contribution in [0.3, 0.4) is 0 Å². The molecule has 0 saturated carbocycles. The number of urea groups is 1. The highest BCUT2D eigenvalue weighted by molar-refractivity contribution is 6.35. The zero-order chi connectivity index (χ0) is 22.6. The van der Waals surface area contributed by atoms with Crippen molar-refractivity contribution in [1.29, 1.82) is 0 Å². The fourth-order valence-corrected chi connectivity index (χ4v) is 3.58. The van der Waals surface area contributed by atoms with Crippen molar-refractivity contribution < 1.29 is 9.59 Å². The molecule has 8 heteroatoms. The maximum absolute atomic E-state index is 12.4. The van der Waals surface area contributed by atoms with E-state index >= 15 is 0 Å². The summed E-state index contributed by atoms with van der Waals surface area (Å²) in [6, 6.07) is 20.0. The van der Waals surface area contributed by atoms with E-state index in [1.165, 1.54) is 0 Å². The molecular formula is C25H20N6O2. The number of carbonyl (C=O) groups is 2. The first-order valence-corrected chi connectivity index (χ1v) is 10.3. The molecule has 0 unspecified atom stereocenters. The van der Waals surface area contributed by atoms with Crippen LogP contribution in [0.4, 0.5) is 33.2 Å². The first-order valence-electron chi connectivity index (χ1n) is 10.3. The minimum atomic E-state index is -0.359. The van der Waals surface area contributed by atoms with E-state index in [4.69, 9.17) is 0 Å². The topological polar surface area (TPSA) is 111 Å². The van der Waals surface area contributed by atoms with Crippen molar-refractivity contribution >= 4 is 52.0 Å². The van der Waals surface area contributed by atoms with Gasteiger partial charge in [0, 0.05) is 40.7 Å². The lowest BCUT2D eigenvalue weighted by molar-refractivity contribution is -0.110. The highest BCUT2D eigenvalue weighted by atomic mass is 16.2. The van der Waals surface area contributed by atoms with Gasteiger partial charge in [-0.3, -0.25) is 9.78 Å². The lowest BCUT2D eigenvalue weighted by Gasteiger charge is -2.11. The maximum atomic E-state index is 12.4. The monoisotopic (exact) mass is 436 g/mol. The first-order chi connectivity index (χ1) is 16.1. The lowest BCUT2D eigenvalue weighted by atomic mass is 10.1. The molecule has 2 aromatic heterocycles. The summed E-state index contributed by atoms with van der Waals surface area (Å²) in [6.45, 7) is 0. The van der Waals surface area contributed by atoms with Gasteiger partial charge < -0.3 is 26.3 Å². The minimum Gasteiger partial charge on any atom is -0.362 e. The molecule has 5 rings (SSSR count). The van der Waals surface area contributed by atoms with Crippen LogP contribution in [-0.4, -0.2) is 21.9 Å². The van der Waals surface area contributed by atoms with Crippen LogP contribution in [0.2, 0.25) is 0 Å². The molecule has 4 aromatic rings. The van der Waals surface area contributed by atoms with Crippen molar-refractivity contribution in [2.75, 3.05) is 21.3 Å². The third-order valence-electron chi connectivity index (χ3n) is 5.05. The number of H-pyrrole nitrogens is 1. The second kappa shape index (κ2) is 8.72. The molecule has 1 aliphatic rings. The summed E-state index contributed by atoms with van der Waals surface area (Å²) in [4.78, 5) is 31.7. The van der Waals surface area contributed by atoms with Crippen LogP contribution >= 0.6 is 0 Å². The average molecular weight is 436 g/mol. The van der Waals surface area contributed by atoms with Gasteiger partial charge in [0.15, 0.2) is 0 Å². The number of aromatic nitrogens is 2. The summed E-state index contributed by atoms with van der Waals surface area (Å²) >= 11 is 0. The van der Waals surface area contributed by atoms with Crippen molar-refractivity contribution in [2.45, 2.75) is 0 Å². The molecule has 0 saturated heterocycles. The second-order valence-electron chi connectivity index (χ2n) is 7.42. The van der Waals surface area contributed by atoms with E-state index in [9.17, 15) is 9.59 Å². The van der Waals surface area contributed by atoms with Crippen LogP contribution in [0.1, 0.15) is 11.3 Å². The van der Waals surface area contributed by atoms with Gasteiger partial charge in [-0.25, -0.2) is 4.79 Å². The van der Waals surface area contributed by atoms with Crippen molar-refractivity contribution in [1.82, 2.24) is 9.97 Å². The number of rotatable bonds is 5. The largest absolute Gasteiger partial charge is 0.362 e. The van der Waals surface area contributed by atoms with Gasteiger partial charge >= 0.3 is 6.03 Å². The molecule has 0 spiro atoms. The SMILES string of the molecule is O=C(Nc1cccnc1)Nc1cccc(Nc2ccc3c(c2)NC(=O)C3=Cc2ccc[nH]2)c1. The smallest absolute Gasteiger partial charge is 0.323 e. The number of hydrogen-bond acceptors (Lipinski definition) is 4. The fraction of sp³-hybridized carbons (Fsp3) is 0. The van der Waals surface area contributed by atoms with Crippen LogP contribution in [0.15, 0.2) is 85.3 Å². The first kappa shape index (κ1) is 20.1. The number of aromatic amines is 1. The molecule has 0 atom stereocenters. The van der Waals surface area contributed by atoms with Gasteiger partial charge in [-0.1, -0.05) is 12.1 Å². The average Bonchev–Trinajstić information content (AvgIpc) is 3.42. The van der Waals surface area contributed by atoms with E-state index in [1.54, 1.807) is 30.6 Å². The van der Waals surface area contributed by atoms with E-state index in [-0.39, 0.29) is 11.9 Å². The van der Waals surface area contributed by atoms with Crippen LogP contribution in [0, 0.1) is 0 Å². The molecule has 0 aliphatic carbocycles. The number of amides is 3. The lowest BCUT2D eigenvalue weighted by Crippen LogP contribution is -2.19. The normalized spacial score (nSPS) is 13.3. The molecule has 0 fully saturated rings. The van der Waals surface area contributed by atoms with Gasteiger partial charge in [0.1, 0.15) is 0 Å². The molecule has 33 heavy (non-hydrogen) atoms. The number of anilines is 5. The van der Waals surface area contributed by atoms with Crippen molar-refractivity contribution in [2.24, 2.45) is 0 Å². The Morgan fingerprint density at radius 3 is 2.52 bits per heavy atom. The Labute approximate surface area is 189 Å². The summed E-state index contributed by atoms with van der Waals surface area (Å²) < 4.78 is 0. The molecular weight excluding hydrogens is 416 g/mol. The number of benzene rings is 2. The van der Waals surface area contributed by atoms with Crippen LogP contribution in [0.25, 0.3) is 11.6 Å². The number of carbonyl (C=O) groups excluding carboxylic acids is 2. The van der Waals surface area contributed by atoms with E-state index in [2.05, 4.69) is 31.2 Å². The number of nitrogens with one attached hydrogen (secondary N) is 5. The zero-order valence-electron chi connectivity index (χ0n) is 17.4. The fourth-order valence-electron chi connectivity index (χ4n) is 3.58. The molecule has 3 heterocycles. The van der Waals surface area contributed by atoms with Crippen LogP contribution in [-0.2, 0) is 4.79 Å². The Kier molecular flexibility index (Phi) is 5.30. The number of nitrogens with zero attached hydrogens (tertiary/aromatic N) is 1. The Morgan fingerprint density at radius 1 is 0.879 bits per heavy atom. The van der Waals surface area contributed by atoms with Crippen molar-refractivity contribution in [3.63, 3.8) is 0 Å². The highest BCUT2D eigenvalue weighted by Gasteiger charge is 2.24. The molecule has 5 N–H and O–H groups in total. The molecule has 3 amide bonds. The maximum Gasteiger partial charge on any atom is 0.323 e. The molecule has 8 nitrogen and oxygen atoms in total.